The van der Waals surface area contributed by atoms with Crippen LogP contribution in [-0.4, -0.2) is 12.1 Å². The van der Waals surface area contributed by atoms with Gasteiger partial charge in [0.2, 0.25) is 0 Å². The van der Waals surface area contributed by atoms with E-state index in [-0.39, 0.29) is 22.9 Å². The monoisotopic (exact) mass is 687 g/mol. The molecule has 0 aromatic heterocycles. The third-order valence-electron chi connectivity index (χ3n) is 14.9. The zero-order chi connectivity index (χ0) is 36.4. The van der Waals surface area contributed by atoms with Gasteiger partial charge in [0, 0.05) is 11.8 Å². The summed E-state index contributed by atoms with van der Waals surface area (Å²) in [5, 5.41) is 0. The summed E-state index contributed by atoms with van der Waals surface area (Å²) in [6, 6.07) is 0. The Morgan fingerprint density at radius 2 is 1.46 bits per heavy atom. The van der Waals surface area contributed by atoms with E-state index in [4.69, 9.17) is 4.74 Å². The number of hydrogen-bond acceptors (Lipinski definition) is 2. The van der Waals surface area contributed by atoms with Crippen LogP contribution in [0, 0.1) is 39.4 Å². The number of unbranched alkanes of at least 4 members (excludes halogenated alkanes) is 5. The molecule has 2 nitrogen and oxygen atoms in total. The van der Waals surface area contributed by atoms with Crippen LogP contribution in [-0.2, 0) is 9.53 Å². The lowest BCUT2D eigenvalue weighted by Crippen LogP contribution is -2.55. The van der Waals surface area contributed by atoms with Gasteiger partial charge in [-0.15, -0.1) is 0 Å². The largest absolute Gasteiger partial charge is 0.462 e. The van der Waals surface area contributed by atoms with Crippen LogP contribution in [0.2, 0.25) is 0 Å². The minimum Gasteiger partial charge on any atom is -0.462 e. The molecule has 0 amide bonds. The molecule has 0 aromatic rings. The number of carbonyl (C=O) groups excluding carboxylic acids is 1. The zero-order valence-corrected chi connectivity index (χ0v) is 34.3. The van der Waals surface area contributed by atoms with Crippen LogP contribution in [0.3, 0.4) is 0 Å². The van der Waals surface area contributed by atoms with Crippen molar-refractivity contribution in [3.8, 4) is 0 Å². The normalized spacial score (nSPS) is 32.7. The molecule has 0 saturated heterocycles. The lowest BCUT2D eigenvalue weighted by molar-refractivity contribution is -0.170. The number of esters is 1. The molecular weight excluding hydrogens is 609 g/mol. The Morgan fingerprint density at radius 3 is 2.18 bits per heavy atom. The van der Waals surface area contributed by atoms with Crippen LogP contribution in [0.15, 0.2) is 59.3 Å². The molecule has 0 heterocycles. The van der Waals surface area contributed by atoms with Gasteiger partial charge in [-0.3, -0.25) is 4.79 Å². The van der Waals surface area contributed by atoms with Crippen LogP contribution in [0.5, 0.6) is 0 Å². The van der Waals surface area contributed by atoms with Gasteiger partial charge in [0.25, 0.3) is 0 Å². The van der Waals surface area contributed by atoms with Crippen molar-refractivity contribution in [1.82, 2.24) is 0 Å². The molecule has 0 bridgehead atoms. The molecule has 282 valence electrons. The first kappa shape index (κ1) is 40.9. The number of fused-ring (bicyclic) bond motifs is 4. The second-order valence-corrected chi connectivity index (χ2v) is 18.6. The van der Waals surface area contributed by atoms with Gasteiger partial charge in [-0.2, -0.15) is 0 Å². The van der Waals surface area contributed by atoms with Gasteiger partial charge in [0.1, 0.15) is 6.10 Å². The summed E-state index contributed by atoms with van der Waals surface area (Å²) in [4.78, 5) is 13.1. The van der Waals surface area contributed by atoms with E-state index in [0.29, 0.717) is 23.2 Å². The summed E-state index contributed by atoms with van der Waals surface area (Å²) in [6.07, 6.45) is 39.5. The maximum Gasteiger partial charge on any atom is 0.306 e. The molecule has 2 heteroatoms. The molecule has 2 saturated carbocycles. The SMILES string of the molecule is CCC=CCC=CCC=CCCCCCCCC(=O)OC1CC[C@]2(C)C3=C(CCC2C1(C)C)[C@]1(C)CC[C@H]([C@H](C)CCC=C(C)C)[C@]1(C)CC3. The van der Waals surface area contributed by atoms with Gasteiger partial charge >= 0.3 is 5.97 Å². The number of carbonyl (C=O) groups is 1. The van der Waals surface area contributed by atoms with Crippen LogP contribution < -0.4 is 0 Å². The highest BCUT2D eigenvalue weighted by molar-refractivity contribution is 5.69. The lowest BCUT2D eigenvalue weighted by atomic mass is 9.43. The zero-order valence-electron chi connectivity index (χ0n) is 34.3. The van der Waals surface area contributed by atoms with Gasteiger partial charge in [-0.25, -0.2) is 0 Å². The van der Waals surface area contributed by atoms with Crippen LogP contribution in [0.25, 0.3) is 0 Å². The molecule has 7 atom stereocenters. The molecule has 0 aromatic carbocycles. The van der Waals surface area contributed by atoms with Crippen molar-refractivity contribution in [2.24, 2.45) is 39.4 Å². The fraction of sp³-hybridized carbons (Fsp3) is 0.771. The van der Waals surface area contributed by atoms with Gasteiger partial charge < -0.3 is 4.74 Å². The maximum atomic E-state index is 13.1. The summed E-state index contributed by atoms with van der Waals surface area (Å²) in [6.45, 7) is 22.1. The average Bonchev–Trinajstić information content (AvgIpc) is 3.35. The standard InChI is InChI=1S/C48H78O2/c1-10-11-12-13-14-15-16-17-18-19-20-21-22-23-24-28-44(49)50-43-33-34-46(7)40-32-36-47(8)39(38(4)27-25-26-37(2)3)31-35-48(47,9)41(40)29-30-42(46)45(43,5)6/h11-12,14-15,17-18,26,38-39,42-43H,10,13,16,19-25,27-36H2,1-9H3/t38-,39-,42?,43?,46-,47+,48+/m1/s1. The second-order valence-electron chi connectivity index (χ2n) is 18.6. The average molecular weight is 687 g/mol. The van der Waals surface area contributed by atoms with Crippen molar-refractivity contribution in [2.45, 2.75) is 197 Å². The predicted octanol–water partition coefficient (Wildman–Crippen LogP) is 14.6. The highest BCUT2D eigenvalue weighted by atomic mass is 16.5. The Labute approximate surface area is 310 Å². The van der Waals surface area contributed by atoms with E-state index in [1.807, 2.05) is 11.1 Å². The first-order valence-corrected chi connectivity index (χ1v) is 21.3. The molecule has 0 spiro atoms. The Morgan fingerprint density at radius 1 is 0.780 bits per heavy atom. The van der Waals surface area contributed by atoms with Crippen molar-refractivity contribution >= 4 is 5.97 Å². The molecule has 4 rings (SSSR count). The summed E-state index contributed by atoms with van der Waals surface area (Å²) in [5.74, 6) is 2.25. The van der Waals surface area contributed by atoms with Crippen LogP contribution >= 0.6 is 0 Å². The third-order valence-corrected chi connectivity index (χ3v) is 14.9. The number of ether oxygens (including phenoxy) is 1. The molecule has 0 radical (unpaired) electrons. The predicted molar refractivity (Wildman–Crippen MR) is 216 cm³/mol. The topological polar surface area (TPSA) is 26.3 Å². The minimum atomic E-state index is 0.00983. The van der Waals surface area contributed by atoms with Gasteiger partial charge in [0.05, 0.1) is 0 Å². The maximum absolute atomic E-state index is 13.1. The Hall–Kier alpha value is -1.83. The summed E-state index contributed by atoms with van der Waals surface area (Å²) < 4.78 is 6.37. The third kappa shape index (κ3) is 9.20. The van der Waals surface area contributed by atoms with E-state index in [0.717, 1.165) is 56.8 Å². The fourth-order valence-electron chi connectivity index (χ4n) is 11.8. The first-order valence-electron chi connectivity index (χ1n) is 21.3. The van der Waals surface area contributed by atoms with Crippen molar-refractivity contribution < 1.29 is 9.53 Å². The van der Waals surface area contributed by atoms with Crippen LogP contribution in [0.4, 0.5) is 0 Å². The molecule has 2 fully saturated rings. The second kappa shape index (κ2) is 18.3. The molecular formula is C48H78O2. The van der Waals surface area contributed by atoms with E-state index < -0.39 is 0 Å². The molecule has 4 aliphatic carbocycles. The Bertz CT molecular complexity index is 1250. The van der Waals surface area contributed by atoms with E-state index in [1.165, 1.54) is 82.6 Å². The van der Waals surface area contributed by atoms with Gasteiger partial charge in [-0.05, 0) is 151 Å². The summed E-state index contributed by atoms with van der Waals surface area (Å²) in [7, 11) is 0. The number of rotatable bonds is 18. The van der Waals surface area contributed by atoms with Crippen molar-refractivity contribution in [3.63, 3.8) is 0 Å². The minimum absolute atomic E-state index is 0.00983. The van der Waals surface area contributed by atoms with E-state index in [9.17, 15) is 4.79 Å². The smallest absolute Gasteiger partial charge is 0.306 e. The lowest BCUT2D eigenvalue weighted by Gasteiger charge is -2.62. The van der Waals surface area contributed by atoms with E-state index in [1.54, 1.807) is 0 Å². The fourth-order valence-corrected chi connectivity index (χ4v) is 11.8. The highest BCUT2D eigenvalue weighted by Gasteiger charge is 2.63. The quantitative estimate of drug-likeness (QED) is 0.0815. The number of hydrogen-bond donors (Lipinski definition) is 0. The van der Waals surface area contributed by atoms with Gasteiger partial charge in [-0.1, -0.05) is 127 Å². The van der Waals surface area contributed by atoms with Crippen molar-refractivity contribution in [3.05, 3.63) is 59.3 Å². The van der Waals surface area contributed by atoms with Crippen LogP contribution in [0.1, 0.15) is 191 Å². The molecule has 50 heavy (non-hydrogen) atoms. The number of allylic oxidation sites excluding steroid dienone is 10. The molecule has 0 N–H and O–H groups in total. The first-order chi connectivity index (χ1) is 23.8. The molecule has 4 aliphatic rings. The van der Waals surface area contributed by atoms with Crippen molar-refractivity contribution in [2.75, 3.05) is 0 Å². The van der Waals surface area contributed by atoms with E-state index >= 15 is 0 Å². The summed E-state index contributed by atoms with van der Waals surface area (Å²) in [5.41, 5.74) is 6.19. The summed E-state index contributed by atoms with van der Waals surface area (Å²) >= 11 is 0. The van der Waals surface area contributed by atoms with Crippen molar-refractivity contribution in [1.29, 1.82) is 0 Å². The molecule has 0 aliphatic heterocycles. The molecule has 2 unspecified atom stereocenters. The van der Waals surface area contributed by atoms with E-state index in [2.05, 4.69) is 105 Å². The Balaban J connectivity index is 1.24. The van der Waals surface area contributed by atoms with Gasteiger partial charge in [0.15, 0.2) is 0 Å². The Kier molecular flexibility index (Phi) is 15.0. The highest BCUT2D eigenvalue weighted by Crippen LogP contribution is 2.72.